The molecular weight excluding hydrogens is 507 g/mol. The lowest BCUT2D eigenvalue weighted by Crippen LogP contribution is -2.21. The molecule has 0 radical (unpaired) electrons. The molecule has 7 nitrogen and oxygen atoms in total. The van der Waals surface area contributed by atoms with E-state index in [9.17, 15) is 22.8 Å². The van der Waals surface area contributed by atoms with Gasteiger partial charge in [0.25, 0.3) is 0 Å². The Bertz CT molecular complexity index is 1320. The monoisotopic (exact) mass is 537 g/mol. The van der Waals surface area contributed by atoms with Gasteiger partial charge in [-0.25, -0.2) is 9.78 Å². The maximum absolute atomic E-state index is 13.4. The normalized spacial score (nSPS) is 12.4. The Morgan fingerprint density at radius 1 is 1.00 bits per heavy atom. The first kappa shape index (κ1) is 29.2. The highest BCUT2D eigenvalue weighted by Gasteiger charge is 2.33. The van der Waals surface area contributed by atoms with Crippen molar-refractivity contribution in [1.82, 2.24) is 9.88 Å². The molecule has 0 spiro atoms. The molecule has 3 aromatic rings. The summed E-state index contributed by atoms with van der Waals surface area (Å²) in [5, 5.41) is 7.99. The summed E-state index contributed by atoms with van der Waals surface area (Å²) in [6.07, 6.45) is 0.449. The zero-order valence-corrected chi connectivity index (χ0v) is 21.9. The summed E-state index contributed by atoms with van der Waals surface area (Å²) in [5.74, 6) is 7.22. The lowest BCUT2D eigenvalue weighted by atomic mass is 10.1. The van der Waals surface area contributed by atoms with Gasteiger partial charge in [0, 0.05) is 48.2 Å². The predicted molar refractivity (Wildman–Crippen MR) is 146 cm³/mol. The van der Waals surface area contributed by atoms with E-state index in [0.717, 1.165) is 42.1 Å². The van der Waals surface area contributed by atoms with Gasteiger partial charge >= 0.3 is 12.2 Å². The number of halogens is 3. The van der Waals surface area contributed by atoms with E-state index in [1.165, 1.54) is 12.1 Å². The number of alkyl halides is 3. The lowest BCUT2D eigenvalue weighted by Gasteiger charge is -2.18. The highest BCUT2D eigenvalue weighted by Crippen LogP contribution is 2.34. The standard InChI is InChI=1S/C25H24F3N5O.C4H6O/c1-29-23-13-8-18(15-30-23)5-4-17-6-10-20(11-7-17)31-24(34)32-21-12-9-19(16-33(2)3)22(14-21)25(26,27)28;5-3-4-1-2-4/h6-15H,16H2,1-3H3,(H,29,30)(H2,31,32,34);3-4H,1-2H2. The lowest BCUT2D eigenvalue weighted by molar-refractivity contribution is -0.138. The van der Waals surface area contributed by atoms with Crippen LogP contribution in [0.25, 0.3) is 0 Å². The fraction of sp³-hybridized carbons (Fsp3) is 0.276. The number of carbonyl (C=O) groups is 2. The second-order valence-electron chi connectivity index (χ2n) is 9.17. The van der Waals surface area contributed by atoms with Crippen LogP contribution in [0.5, 0.6) is 0 Å². The molecule has 39 heavy (non-hydrogen) atoms. The van der Waals surface area contributed by atoms with E-state index in [0.29, 0.717) is 11.6 Å². The summed E-state index contributed by atoms with van der Waals surface area (Å²) in [6, 6.07) is 13.6. The van der Waals surface area contributed by atoms with E-state index in [4.69, 9.17) is 0 Å². The SMILES string of the molecule is CNc1ccc(C#Cc2ccc(NC(=O)Nc3ccc(CN(C)C)c(C(F)(F)F)c3)cc2)cn1.O=CC1CC1. The minimum absolute atomic E-state index is 0.0488. The Morgan fingerprint density at radius 3 is 2.13 bits per heavy atom. The van der Waals surface area contributed by atoms with Crippen molar-refractivity contribution in [3.05, 3.63) is 83.0 Å². The van der Waals surface area contributed by atoms with Gasteiger partial charge in [-0.15, -0.1) is 0 Å². The van der Waals surface area contributed by atoms with E-state index in [1.807, 2.05) is 12.1 Å². The smallest absolute Gasteiger partial charge is 0.373 e. The van der Waals surface area contributed by atoms with Crippen LogP contribution in [0.15, 0.2) is 60.8 Å². The molecule has 1 aromatic heterocycles. The molecule has 2 aromatic carbocycles. The maximum atomic E-state index is 13.4. The van der Waals surface area contributed by atoms with Crippen molar-refractivity contribution in [3.8, 4) is 11.8 Å². The van der Waals surface area contributed by atoms with E-state index in [2.05, 4.69) is 32.8 Å². The maximum Gasteiger partial charge on any atom is 0.416 e. The molecule has 1 aliphatic carbocycles. The topological polar surface area (TPSA) is 86.4 Å². The van der Waals surface area contributed by atoms with Gasteiger partial charge in [0.05, 0.1) is 5.56 Å². The Morgan fingerprint density at radius 2 is 1.62 bits per heavy atom. The van der Waals surface area contributed by atoms with Crippen LogP contribution in [0.1, 0.15) is 35.1 Å². The fourth-order valence-corrected chi connectivity index (χ4v) is 3.32. The summed E-state index contributed by atoms with van der Waals surface area (Å²) < 4.78 is 40.3. The Hall–Kier alpha value is -4.36. The molecule has 0 unspecified atom stereocenters. The first-order valence-corrected chi connectivity index (χ1v) is 12.2. The minimum Gasteiger partial charge on any atom is -0.373 e. The summed E-state index contributed by atoms with van der Waals surface area (Å²) in [4.78, 5) is 27.7. The number of amides is 2. The van der Waals surface area contributed by atoms with Crippen molar-refractivity contribution < 1.29 is 22.8 Å². The highest BCUT2D eigenvalue weighted by atomic mass is 19.4. The largest absolute Gasteiger partial charge is 0.416 e. The highest BCUT2D eigenvalue weighted by molar-refractivity contribution is 5.99. The molecule has 0 saturated heterocycles. The van der Waals surface area contributed by atoms with Gasteiger partial charge in [-0.05, 0) is 81.0 Å². The molecule has 1 fully saturated rings. The third kappa shape index (κ3) is 9.79. The Kier molecular flexibility index (Phi) is 10.1. The summed E-state index contributed by atoms with van der Waals surface area (Å²) in [7, 11) is 5.16. The average Bonchev–Trinajstić information content (AvgIpc) is 3.74. The van der Waals surface area contributed by atoms with Crippen molar-refractivity contribution in [1.29, 1.82) is 0 Å². The number of benzene rings is 2. The summed E-state index contributed by atoms with van der Waals surface area (Å²) in [6.45, 7) is 0.133. The van der Waals surface area contributed by atoms with Crippen molar-refractivity contribution in [2.45, 2.75) is 25.6 Å². The third-order valence-electron chi connectivity index (χ3n) is 5.49. The Labute approximate surface area is 225 Å². The van der Waals surface area contributed by atoms with Crippen molar-refractivity contribution >= 4 is 29.5 Å². The van der Waals surface area contributed by atoms with Gasteiger partial charge in [0.2, 0.25) is 0 Å². The fourth-order valence-electron chi connectivity index (χ4n) is 3.32. The zero-order valence-electron chi connectivity index (χ0n) is 21.9. The van der Waals surface area contributed by atoms with Crippen LogP contribution in [0, 0.1) is 17.8 Å². The number of aromatic nitrogens is 1. The molecule has 1 saturated carbocycles. The molecule has 3 N–H and O–H groups in total. The number of hydrogen-bond donors (Lipinski definition) is 3. The van der Waals surface area contributed by atoms with Crippen LogP contribution in [0.4, 0.5) is 35.2 Å². The second-order valence-corrected chi connectivity index (χ2v) is 9.17. The number of pyridine rings is 1. The number of rotatable bonds is 6. The molecule has 1 heterocycles. The van der Waals surface area contributed by atoms with Gasteiger partial charge in [-0.3, -0.25) is 0 Å². The third-order valence-corrected chi connectivity index (χ3v) is 5.49. The van der Waals surface area contributed by atoms with E-state index in [1.54, 1.807) is 56.5 Å². The first-order chi connectivity index (χ1) is 18.6. The van der Waals surface area contributed by atoms with Crippen LogP contribution in [-0.2, 0) is 17.5 Å². The van der Waals surface area contributed by atoms with Gasteiger partial charge in [-0.1, -0.05) is 17.9 Å². The van der Waals surface area contributed by atoms with E-state index >= 15 is 0 Å². The van der Waals surface area contributed by atoms with Crippen molar-refractivity contribution in [2.24, 2.45) is 5.92 Å². The number of anilines is 3. The zero-order chi connectivity index (χ0) is 28.4. The number of hydrogen-bond acceptors (Lipinski definition) is 5. The van der Waals surface area contributed by atoms with Crippen LogP contribution in [0.2, 0.25) is 0 Å². The van der Waals surface area contributed by atoms with Gasteiger partial charge in [0.15, 0.2) is 0 Å². The van der Waals surface area contributed by atoms with Gasteiger partial charge in [-0.2, -0.15) is 13.2 Å². The molecule has 4 rings (SSSR count). The van der Waals surface area contributed by atoms with Gasteiger partial charge in [0.1, 0.15) is 12.1 Å². The molecule has 2 amide bonds. The summed E-state index contributed by atoms with van der Waals surface area (Å²) in [5.41, 5.74) is 1.37. The quantitative estimate of drug-likeness (QED) is 0.272. The molecule has 1 aliphatic rings. The van der Waals surface area contributed by atoms with Crippen molar-refractivity contribution in [2.75, 3.05) is 37.1 Å². The number of nitrogens with zero attached hydrogens (tertiary/aromatic N) is 2. The molecule has 0 bridgehead atoms. The molecule has 0 atom stereocenters. The molecule has 10 heteroatoms. The number of aldehydes is 1. The van der Waals surface area contributed by atoms with E-state index < -0.39 is 17.8 Å². The number of nitrogens with one attached hydrogen (secondary N) is 3. The van der Waals surface area contributed by atoms with E-state index in [-0.39, 0.29) is 17.8 Å². The van der Waals surface area contributed by atoms with Gasteiger partial charge < -0.3 is 25.6 Å². The molecular formula is C29H30F3N5O2. The second kappa shape index (κ2) is 13.4. The van der Waals surface area contributed by atoms with Crippen LogP contribution >= 0.6 is 0 Å². The average molecular weight is 538 g/mol. The molecule has 0 aliphatic heterocycles. The van der Waals surface area contributed by atoms with Crippen LogP contribution in [0.3, 0.4) is 0 Å². The number of carbonyl (C=O) groups excluding carboxylic acids is 2. The van der Waals surface area contributed by atoms with Crippen LogP contribution in [-0.4, -0.2) is 43.3 Å². The minimum atomic E-state index is -4.53. The Balaban J connectivity index is 0.000000753. The summed E-state index contributed by atoms with van der Waals surface area (Å²) >= 11 is 0. The van der Waals surface area contributed by atoms with Crippen molar-refractivity contribution in [3.63, 3.8) is 0 Å². The first-order valence-electron chi connectivity index (χ1n) is 12.2. The number of urea groups is 1. The predicted octanol–water partition coefficient (Wildman–Crippen LogP) is 5.84. The molecule has 204 valence electrons. The van der Waals surface area contributed by atoms with Crippen LogP contribution < -0.4 is 16.0 Å².